The predicted octanol–water partition coefficient (Wildman–Crippen LogP) is 8.13. The van der Waals surface area contributed by atoms with E-state index in [0.29, 0.717) is 11.5 Å². The van der Waals surface area contributed by atoms with Crippen molar-refractivity contribution >= 4 is 11.6 Å². The number of rotatable bonds is 5. The summed E-state index contributed by atoms with van der Waals surface area (Å²) in [4.78, 5) is 0. The molecule has 0 amide bonds. The van der Waals surface area contributed by atoms with Crippen molar-refractivity contribution in [2.24, 2.45) is 17.8 Å². The molecular formula is C22H29ClF4. The van der Waals surface area contributed by atoms with Crippen LogP contribution in [0.3, 0.4) is 0 Å². The highest BCUT2D eigenvalue weighted by Gasteiger charge is 2.37. The fourth-order valence-electron chi connectivity index (χ4n) is 5.38. The molecule has 3 rings (SSSR count). The molecule has 2 aliphatic rings. The SMILES string of the molecule is CCCC1CCC(C2CCC(c3cc(F)c(C(F)(F)Cl)c(F)c3)CC2)CC1. The summed E-state index contributed by atoms with van der Waals surface area (Å²) < 4.78 is 54.4. The van der Waals surface area contributed by atoms with Gasteiger partial charge in [-0.3, -0.25) is 0 Å². The van der Waals surface area contributed by atoms with Gasteiger partial charge in [-0.2, -0.15) is 8.78 Å². The summed E-state index contributed by atoms with van der Waals surface area (Å²) in [6, 6.07) is 2.10. The van der Waals surface area contributed by atoms with Crippen molar-refractivity contribution in [3.63, 3.8) is 0 Å². The number of alkyl halides is 3. The second-order valence-corrected chi connectivity index (χ2v) is 9.01. The van der Waals surface area contributed by atoms with Crippen molar-refractivity contribution in [3.8, 4) is 0 Å². The summed E-state index contributed by atoms with van der Waals surface area (Å²) in [6.07, 6.45) is 11.8. The summed E-state index contributed by atoms with van der Waals surface area (Å²) in [5, 5.41) is -4.03. The van der Waals surface area contributed by atoms with Crippen LogP contribution in [0.25, 0.3) is 0 Å². The van der Waals surface area contributed by atoms with Gasteiger partial charge < -0.3 is 0 Å². The molecular weight excluding hydrogens is 376 g/mol. The van der Waals surface area contributed by atoms with Gasteiger partial charge in [0.25, 0.3) is 0 Å². The van der Waals surface area contributed by atoms with Crippen molar-refractivity contribution < 1.29 is 17.6 Å². The maximum Gasteiger partial charge on any atom is 0.353 e. The first-order valence-corrected chi connectivity index (χ1v) is 10.7. The summed E-state index contributed by atoms with van der Waals surface area (Å²) in [5.74, 6) is -0.0793. The van der Waals surface area contributed by atoms with E-state index in [1.807, 2.05) is 0 Å². The second-order valence-electron chi connectivity index (χ2n) is 8.54. The quantitative estimate of drug-likeness (QED) is 0.343. The van der Waals surface area contributed by atoms with Gasteiger partial charge in [-0.25, -0.2) is 8.78 Å². The maximum absolute atomic E-state index is 14.0. The molecule has 0 unspecified atom stereocenters. The summed E-state index contributed by atoms with van der Waals surface area (Å²) in [5.41, 5.74) is -0.856. The lowest BCUT2D eigenvalue weighted by atomic mass is 9.68. The normalized spacial score (nSPS) is 29.7. The molecule has 0 saturated heterocycles. The van der Waals surface area contributed by atoms with Crippen LogP contribution in [-0.4, -0.2) is 0 Å². The third-order valence-corrected chi connectivity index (χ3v) is 7.04. The minimum absolute atomic E-state index is 0.0414. The molecule has 0 heterocycles. The lowest BCUT2D eigenvalue weighted by molar-refractivity contribution is 0.0857. The standard InChI is InChI=1S/C22H29ClF4/c1-2-3-14-4-6-15(7-5-14)16-8-10-17(11-9-16)18-12-19(24)21(20(25)13-18)22(23,26)27/h12-17H,2-11H2,1H3. The van der Waals surface area contributed by atoms with Crippen LogP contribution in [-0.2, 0) is 5.38 Å². The van der Waals surface area contributed by atoms with Crippen molar-refractivity contribution in [3.05, 3.63) is 34.9 Å². The van der Waals surface area contributed by atoms with Crippen molar-refractivity contribution in [1.82, 2.24) is 0 Å². The molecule has 5 heteroatoms. The van der Waals surface area contributed by atoms with E-state index in [4.69, 9.17) is 11.6 Å². The molecule has 27 heavy (non-hydrogen) atoms. The zero-order valence-electron chi connectivity index (χ0n) is 15.9. The van der Waals surface area contributed by atoms with Crippen LogP contribution >= 0.6 is 11.6 Å². The predicted molar refractivity (Wildman–Crippen MR) is 101 cm³/mol. The average molecular weight is 405 g/mol. The highest BCUT2D eigenvalue weighted by molar-refractivity contribution is 6.21. The first-order chi connectivity index (χ1) is 12.8. The van der Waals surface area contributed by atoms with Crippen LogP contribution in [0.4, 0.5) is 17.6 Å². The van der Waals surface area contributed by atoms with Gasteiger partial charge in [0.05, 0.1) is 0 Å². The Bertz CT molecular complexity index is 601. The van der Waals surface area contributed by atoms with E-state index in [1.165, 1.54) is 38.5 Å². The summed E-state index contributed by atoms with van der Waals surface area (Å²) in [7, 11) is 0. The zero-order valence-corrected chi connectivity index (χ0v) is 16.7. The van der Waals surface area contributed by atoms with Crippen molar-refractivity contribution in [2.75, 3.05) is 0 Å². The first kappa shape index (κ1) is 21.0. The monoisotopic (exact) mass is 404 g/mol. The average Bonchev–Trinajstić information content (AvgIpc) is 2.61. The van der Waals surface area contributed by atoms with E-state index < -0.39 is 22.6 Å². The molecule has 2 fully saturated rings. The van der Waals surface area contributed by atoms with E-state index in [0.717, 1.165) is 49.7 Å². The van der Waals surface area contributed by atoms with Gasteiger partial charge in [0, 0.05) is 0 Å². The Morgan fingerprint density at radius 1 is 0.889 bits per heavy atom. The lowest BCUT2D eigenvalue weighted by Gasteiger charge is -2.38. The highest BCUT2D eigenvalue weighted by atomic mass is 35.5. The molecule has 0 bridgehead atoms. The fourth-order valence-corrected chi connectivity index (χ4v) is 5.56. The smallest absolute Gasteiger partial charge is 0.206 e. The molecule has 0 N–H and O–H groups in total. The largest absolute Gasteiger partial charge is 0.353 e. The highest BCUT2D eigenvalue weighted by Crippen LogP contribution is 2.45. The van der Waals surface area contributed by atoms with Crippen LogP contribution in [0.15, 0.2) is 12.1 Å². The van der Waals surface area contributed by atoms with Crippen LogP contribution in [0.2, 0.25) is 0 Å². The molecule has 0 atom stereocenters. The van der Waals surface area contributed by atoms with Gasteiger partial charge >= 0.3 is 5.38 Å². The Morgan fingerprint density at radius 3 is 1.81 bits per heavy atom. The minimum Gasteiger partial charge on any atom is -0.206 e. The van der Waals surface area contributed by atoms with Gasteiger partial charge in [0.15, 0.2) is 0 Å². The topological polar surface area (TPSA) is 0 Å². The summed E-state index contributed by atoms with van der Waals surface area (Å²) >= 11 is 4.83. The van der Waals surface area contributed by atoms with E-state index in [1.54, 1.807) is 0 Å². The third kappa shape index (κ3) is 4.99. The van der Waals surface area contributed by atoms with Gasteiger partial charge in [0.2, 0.25) is 0 Å². The number of hydrogen-bond acceptors (Lipinski definition) is 0. The van der Waals surface area contributed by atoms with Gasteiger partial charge in [-0.15, -0.1) is 0 Å². The van der Waals surface area contributed by atoms with Gasteiger partial charge in [-0.05, 0) is 91.5 Å². The Hall–Kier alpha value is -0.770. The molecule has 0 nitrogen and oxygen atoms in total. The van der Waals surface area contributed by atoms with E-state index in [-0.39, 0.29) is 5.92 Å². The van der Waals surface area contributed by atoms with E-state index in [9.17, 15) is 17.6 Å². The molecule has 152 valence electrons. The Morgan fingerprint density at radius 2 is 1.37 bits per heavy atom. The van der Waals surface area contributed by atoms with Crippen LogP contribution in [0, 0.1) is 29.4 Å². The number of benzene rings is 1. The molecule has 0 radical (unpaired) electrons. The van der Waals surface area contributed by atoms with Crippen LogP contribution < -0.4 is 0 Å². The molecule has 0 spiro atoms. The van der Waals surface area contributed by atoms with Crippen molar-refractivity contribution in [2.45, 2.75) is 82.4 Å². The van der Waals surface area contributed by atoms with E-state index >= 15 is 0 Å². The maximum atomic E-state index is 14.0. The van der Waals surface area contributed by atoms with Gasteiger partial charge in [-0.1, -0.05) is 32.6 Å². The first-order valence-electron chi connectivity index (χ1n) is 10.4. The van der Waals surface area contributed by atoms with Crippen molar-refractivity contribution in [1.29, 1.82) is 0 Å². The number of hydrogen-bond donors (Lipinski definition) is 0. The van der Waals surface area contributed by atoms with E-state index in [2.05, 4.69) is 6.92 Å². The minimum atomic E-state index is -4.03. The zero-order chi connectivity index (χ0) is 19.6. The third-order valence-electron chi connectivity index (χ3n) is 6.85. The Kier molecular flexibility index (Phi) is 6.76. The number of halogens is 5. The van der Waals surface area contributed by atoms with Gasteiger partial charge in [0.1, 0.15) is 17.2 Å². The molecule has 1 aromatic carbocycles. The molecule has 1 aromatic rings. The molecule has 2 saturated carbocycles. The second kappa shape index (κ2) is 8.71. The summed E-state index contributed by atoms with van der Waals surface area (Å²) in [6.45, 7) is 2.25. The molecule has 0 aromatic heterocycles. The van der Waals surface area contributed by atoms with Crippen LogP contribution in [0.1, 0.15) is 88.2 Å². The lowest BCUT2D eigenvalue weighted by Crippen LogP contribution is -2.25. The van der Waals surface area contributed by atoms with Crippen LogP contribution in [0.5, 0.6) is 0 Å². The molecule has 2 aliphatic carbocycles. The molecule has 0 aliphatic heterocycles. The Labute approximate surface area is 164 Å². The Balaban J connectivity index is 1.58. The fraction of sp³-hybridized carbons (Fsp3) is 0.727.